The zero-order chi connectivity index (χ0) is 21.9. The Balaban J connectivity index is 2.39. The first-order valence-electron chi connectivity index (χ1n) is 11.0. The van der Waals surface area contributed by atoms with E-state index in [0.29, 0.717) is 12.8 Å². The van der Waals surface area contributed by atoms with E-state index in [1.807, 2.05) is 0 Å². The lowest BCUT2D eigenvalue weighted by Gasteiger charge is -2.53. The van der Waals surface area contributed by atoms with Crippen LogP contribution in [-0.4, -0.2) is 47.4 Å². The molecule has 1 heterocycles. The first kappa shape index (κ1) is 23.9. The topological polar surface area (TPSA) is 65.1 Å². The fourth-order valence-corrected chi connectivity index (χ4v) is 5.25. The molecule has 0 unspecified atom stereocenters. The summed E-state index contributed by atoms with van der Waals surface area (Å²) < 4.78 is 10.7. The highest BCUT2D eigenvalue weighted by Crippen LogP contribution is 2.49. The highest BCUT2D eigenvalue weighted by molar-refractivity contribution is 6.01. The van der Waals surface area contributed by atoms with Gasteiger partial charge in [0.2, 0.25) is 0 Å². The van der Waals surface area contributed by atoms with Crippen molar-refractivity contribution >= 4 is 11.9 Å². The molecule has 1 saturated carbocycles. The summed E-state index contributed by atoms with van der Waals surface area (Å²) >= 11 is 0. The van der Waals surface area contributed by atoms with Crippen LogP contribution in [0, 0.1) is 11.3 Å². The molecule has 0 aromatic carbocycles. The molecule has 0 radical (unpaired) electrons. The minimum absolute atomic E-state index is 0.155. The van der Waals surface area contributed by atoms with Crippen LogP contribution in [0.3, 0.4) is 0 Å². The number of esters is 2. The van der Waals surface area contributed by atoms with E-state index in [0.717, 1.165) is 25.7 Å². The second-order valence-corrected chi connectivity index (χ2v) is 9.49. The van der Waals surface area contributed by atoms with Gasteiger partial charge in [0.15, 0.2) is 5.41 Å². The van der Waals surface area contributed by atoms with Gasteiger partial charge in [0.1, 0.15) is 6.10 Å². The SMILES string of the molecule is C=C[C@@H](ON1C(C)(C)CCCC1(C)C)[C@H]1CCCC1(C(=O)OCC)C(=O)OCC. The smallest absolute Gasteiger partial charge is 0.323 e. The third-order valence-electron chi connectivity index (χ3n) is 6.53. The van der Waals surface area contributed by atoms with E-state index in [9.17, 15) is 9.59 Å². The summed E-state index contributed by atoms with van der Waals surface area (Å²) in [6.45, 7) is 16.6. The first-order valence-corrected chi connectivity index (χ1v) is 11.0. The second kappa shape index (κ2) is 9.17. The zero-order valence-corrected chi connectivity index (χ0v) is 19.1. The summed E-state index contributed by atoms with van der Waals surface area (Å²) in [4.78, 5) is 32.6. The van der Waals surface area contributed by atoms with E-state index in [2.05, 4.69) is 39.3 Å². The van der Waals surface area contributed by atoms with Crippen LogP contribution in [0.15, 0.2) is 12.7 Å². The van der Waals surface area contributed by atoms with Crippen LogP contribution in [-0.2, 0) is 23.9 Å². The largest absolute Gasteiger partial charge is 0.465 e. The second-order valence-electron chi connectivity index (χ2n) is 9.49. The standard InChI is InChI=1S/C23H39NO5/c1-8-18(29-24-21(4,5)14-12-15-22(24,6)7)17-13-11-16-23(17,19(25)27-9-2)20(26)28-10-3/h8,17-18H,1,9-16H2,2-7H3/t17-,18-/m1/s1. The quantitative estimate of drug-likeness (QED) is 0.336. The molecule has 0 N–H and O–H groups in total. The number of hydroxylamine groups is 2. The van der Waals surface area contributed by atoms with Crippen molar-refractivity contribution in [3.8, 4) is 0 Å². The molecule has 0 aromatic heterocycles. The molecule has 166 valence electrons. The molecule has 6 heteroatoms. The van der Waals surface area contributed by atoms with Crippen LogP contribution >= 0.6 is 0 Å². The molecule has 2 aliphatic rings. The highest BCUT2D eigenvalue weighted by atomic mass is 16.7. The third-order valence-corrected chi connectivity index (χ3v) is 6.53. The Labute approximate surface area is 175 Å². The predicted molar refractivity (Wildman–Crippen MR) is 112 cm³/mol. The van der Waals surface area contributed by atoms with Gasteiger partial charge in [0.05, 0.1) is 13.2 Å². The molecule has 0 spiro atoms. The molecule has 1 saturated heterocycles. The van der Waals surface area contributed by atoms with Crippen molar-refractivity contribution in [2.24, 2.45) is 11.3 Å². The van der Waals surface area contributed by atoms with Crippen LogP contribution in [0.2, 0.25) is 0 Å². The average molecular weight is 410 g/mol. The van der Waals surface area contributed by atoms with Crippen LogP contribution in [0.5, 0.6) is 0 Å². The van der Waals surface area contributed by atoms with Gasteiger partial charge in [0.25, 0.3) is 0 Å². The van der Waals surface area contributed by atoms with Gasteiger partial charge < -0.3 is 9.47 Å². The van der Waals surface area contributed by atoms with E-state index in [4.69, 9.17) is 14.3 Å². The van der Waals surface area contributed by atoms with Gasteiger partial charge in [-0.3, -0.25) is 14.4 Å². The van der Waals surface area contributed by atoms with Crippen LogP contribution in [0.25, 0.3) is 0 Å². The fraction of sp³-hybridized carbons (Fsp3) is 0.826. The molecule has 2 rings (SSSR count). The number of piperidine rings is 1. The van der Waals surface area contributed by atoms with Crippen molar-refractivity contribution in [2.75, 3.05) is 13.2 Å². The number of rotatable bonds is 8. The molecule has 2 atom stereocenters. The summed E-state index contributed by atoms with van der Waals surface area (Å²) in [5.41, 5.74) is -1.65. The first-order chi connectivity index (χ1) is 13.6. The van der Waals surface area contributed by atoms with Crippen LogP contribution in [0.1, 0.15) is 80.1 Å². The third kappa shape index (κ3) is 4.53. The summed E-state index contributed by atoms with van der Waals surface area (Å²) in [6.07, 6.45) is 6.25. The van der Waals surface area contributed by atoms with Gasteiger partial charge in [-0.1, -0.05) is 12.5 Å². The Bertz CT molecular complexity index is 578. The lowest BCUT2D eigenvalue weighted by molar-refractivity contribution is -0.306. The molecule has 0 bridgehead atoms. The normalized spacial score (nSPS) is 26.5. The molecular weight excluding hydrogens is 370 g/mol. The van der Waals surface area contributed by atoms with Crippen molar-refractivity contribution < 1.29 is 23.9 Å². The number of carbonyl (C=O) groups is 2. The number of nitrogens with zero attached hydrogens (tertiary/aromatic N) is 1. The molecule has 1 aliphatic heterocycles. The van der Waals surface area contributed by atoms with Gasteiger partial charge in [-0.05, 0) is 73.6 Å². The summed E-state index contributed by atoms with van der Waals surface area (Å²) in [6, 6.07) is 0. The summed E-state index contributed by atoms with van der Waals surface area (Å²) in [5, 5.41) is 2.06. The summed E-state index contributed by atoms with van der Waals surface area (Å²) in [7, 11) is 0. The molecule has 29 heavy (non-hydrogen) atoms. The Hall–Kier alpha value is -1.40. The van der Waals surface area contributed by atoms with E-state index in [1.54, 1.807) is 19.9 Å². The Morgan fingerprint density at radius 3 is 1.97 bits per heavy atom. The molecule has 0 aromatic rings. The molecule has 6 nitrogen and oxygen atoms in total. The maximum absolute atomic E-state index is 13.0. The maximum atomic E-state index is 13.0. The van der Waals surface area contributed by atoms with Crippen molar-refractivity contribution in [2.45, 2.75) is 97.2 Å². The van der Waals surface area contributed by atoms with Crippen molar-refractivity contribution in [3.63, 3.8) is 0 Å². The van der Waals surface area contributed by atoms with Gasteiger partial charge in [-0.25, -0.2) is 0 Å². The van der Waals surface area contributed by atoms with E-state index < -0.39 is 23.5 Å². The molecule has 0 amide bonds. The molecular formula is C23H39NO5. The van der Waals surface area contributed by atoms with Crippen molar-refractivity contribution in [1.29, 1.82) is 0 Å². The van der Waals surface area contributed by atoms with E-state index >= 15 is 0 Å². The number of hydrogen-bond donors (Lipinski definition) is 0. The minimum Gasteiger partial charge on any atom is -0.465 e. The predicted octanol–water partition coefficient (Wildman–Crippen LogP) is 4.43. The Morgan fingerprint density at radius 1 is 1.00 bits per heavy atom. The van der Waals surface area contributed by atoms with Crippen molar-refractivity contribution in [1.82, 2.24) is 5.06 Å². The number of hydrogen-bond acceptors (Lipinski definition) is 6. The molecule has 1 aliphatic carbocycles. The van der Waals surface area contributed by atoms with Gasteiger partial charge in [-0.15, -0.1) is 6.58 Å². The lowest BCUT2D eigenvalue weighted by atomic mass is 9.74. The number of ether oxygens (including phenoxy) is 2. The number of carbonyl (C=O) groups excluding carboxylic acids is 2. The lowest BCUT2D eigenvalue weighted by Crippen LogP contribution is -2.60. The monoisotopic (exact) mass is 409 g/mol. The Morgan fingerprint density at radius 2 is 1.52 bits per heavy atom. The maximum Gasteiger partial charge on any atom is 0.323 e. The van der Waals surface area contributed by atoms with Gasteiger partial charge in [0, 0.05) is 17.0 Å². The van der Waals surface area contributed by atoms with Gasteiger partial charge in [-0.2, -0.15) is 5.06 Å². The van der Waals surface area contributed by atoms with Crippen LogP contribution in [0.4, 0.5) is 0 Å². The Kier molecular flexibility index (Phi) is 7.55. The van der Waals surface area contributed by atoms with Crippen molar-refractivity contribution in [3.05, 3.63) is 12.7 Å². The van der Waals surface area contributed by atoms with Gasteiger partial charge >= 0.3 is 11.9 Å². The fourth-order valence-electron chi connectivity index (χ4n) is 5.25. The highest BCUT2D eigenvalue weighted by Gasteiger charge is 2.60. The minimum atomic E-state index is -1.34. The average Bonchev–Trinajstić information content (AvgIpc) is 3.07. The zero-order valence-electron chi connectivity index (χ0n) is 19.1. The van der Waals surface area contributed by atoms with E-state index in [1.165, 1.54) is 0 Å². The summed E-state index contributed by atoms with van der Waals surface area (Å²) in [5.74, 6) is -1.38. The van der Waals surface area contributed by atoms with E-state index in [-0.39, 0.29) is 30.2 Å². The molecule has 2 fully saturated rings. The van der Waals surface area contributed by atoms with Crippen LogP contribution < -0.4 is 0 Å².